The number of carbonyl (C=O) groups excluding carboxylic acids is 1. The number of hydrogen-bond acceptors (Lipinski definition) is 7. The first-order valence-electron chi connectivity index (χ1n) is 11.4. The molecule has 0 unspecified atom stereocenters. The van der Waals surface area contributed by atoms with Gasteiger partial charge in [-0.2, -0.15) is 0 Å². The molecule has 0 aliphatic carbocycles. The first kappa shape index (κ1) is 27.4. The van der Waals surface area contributed by atoms with Crippen LogP contribution in [0.3, 0.4) is 0 Å². The normalized spacial score (nSPS) is 15.4. The van der Waals surface area contributed by atoms with Crippen molar-refractivity contribution in [2.24, 2.45) is 4.99 Å². The third kappa shape index (κ3) is 5.36. The summed E-state index contributed by atoms with van der Waals surface area (Å²) in [7, 11) is 1.51. The number of allylic oxidation sites excluding steroid dienone is 1. The van der Waals surface area contributed by atoms with Crippen LogP contribution in [-0.2, 0) is 9.53 Å². The minimum absolute atomic E-state index is 0.143. The summed E-state index contributed by atoms with van der Waals surface area (Å²) < 4.78 is 13.4. The van der Waals surface area contributed by atoms with E-state index in [1.807, 2.05) is 6.92 Å². The van der Waals surface area contributed by atoms with Crippen molar-refractivity contribution in [3.63, 3.8) is 0 Å². The molecule has 11 heteroatoms. The highest BCUT2D eigenvalue weighted by Gasteiger charge is 2.36. The number of phenols is 1. The summed E-state index contributed by atoms with van der Waals surface area (Å²) in [6.07, 6.45) is 2.77. The fourth-order valence-electron chi connectivity index (χ4n) is 4.17. The molecule has 1 aliphatic rings. The van der Waals surface area contributed by atoms with Gasteiger partial charge in [-0.25, -0.2) is 9.79 Å². The standard InChI is InChI=1S/C26H23BrCl2N2O5S/c1-4-6-18-21(25(34)36-5-2)22(16-12-15(28)7-8-19(16)35-3)31-24(33)20(37-26(31)30-18)10-13-9-14(27)11-17(29)23(13)32/h7-12,22,32H,4-6H2,1-3H3/b20-10+/t22-/m1/s1. The van der Waals surface area contributed by atoms with Crippen molar-refractivity contribution >= 4 is 62.5 Å². The Morgan fingerprint density at radius 3 is 2.70 bits per heavy atom. The number of benzene rings is 2. The van der Waals surface area contributed by atoms with Crippen LogP contribution in [0.15, 0.2) is 55.9 Å². The van der Waals surface area contributed by atoms with Gasteiger partial charge >= 0.3 is 5.97 Å². The lowest BCUT2D eigenvalue weighted by Gasteiger charge is -2.27. The highest BCUT2D eigenvalue weighted by Crippen LogP contribution is 2.38. The van der Waals surface area contributed by atoms with E-state index in [9.17, 15) is 14.7 Å². The number of fused-ring (bicyclic) bond motifs is 1. The number of thiazole rings is 1. The zero-order valence-electron chi connectivity index (χ0n) is 20.2. The summed E-state index contributed by atoms with van der Waals surface area (Å²) in [5.41, 5.74) is 1.29. The maximum atomic E-state index is 13.9. The van der Waals surface area contributed by atoms with Crippen molar-refractivity contribution in [2.45, 2.75) is 32.7 Å². The number of phenolic OH excluding ortho intramolecular Hbond substituents is 1. The van der Waals surface area contributed by atoms with Gasteiger partial charge in [-0.15, -0.1) is 0 Å². The van der Waals surface area contributed by atoms with Crippen LogP contribution in [0, 0.1) is 0 Å². The van der Waals surface area contributed by atoms with Crippen molar-refractivity contribution in [3.8, 4) is 11.5 Å². The number of esters is 1. The van der Waals surface area contributed by atoms with E-state index >= 15 is 0 Å². The molecule has 3 aromatic rings. The Bertz CT molecular complexity index is 1600. The van der Waals surface area contributed by atoms with Crippen LogP contribution in [0.5, 0.6) is 11.5 Å². The average molecular weight is 626 g/mol. The van der Waals surface area contributed by atoms with Gasteiger partial charge in [0.05, 0.1) is 34.5 Å². The molecule has 0 radical (unpaired) electrons. The second kappa shape index (κ2) is 11.4. The van der Waals surface area contributed by atoms with E-state index in [-0.39, 0.29) is 23.0 Å². The molecule has 1 N–H and O–H groups in total. The van der Waals surface area contributed by atoms with E-state index in [1.165, 1.54) is 11.7 Å². The number of ether oxygens (including phenoxy) is 2. The molecule has 0 saturated heterocycles. The van der Waals surface area contributed by atoms with E-state index in [1.54, 1.807) is 43.3 Å². The monoisotopic (exact) mass is 624 g/mol. The van der Waals surface area contributed by atoms with Gasteiger partial charge in [0.25, 0.3) is 5.56 Å². The van der Waals surface area contributed by atoms with Gasteiger partial charge in [0, 0.05) is 20.6 Å². The van der Waals surface area contributed by atoms with Gasteiger partial charge in [0.2, 0.25) is 0 Å². The van der Waals surface area contributed by atoms with Crippen molar-refractivity contribution in [2.75, 3.05) is 13.7 Å². The van der Waals surface area contributed by atoms with Crippen molar-refractivity contribution in [1.82, 2.24) is 4.57 Å². The maximum Gasteiger partial charge on any atom is 0.338 e. The number of rotatable bonds is 7. The molecule has 4 rings (SSSR count). The summed E-state index contributed by atoms with van der Waals surface area (Å²) in [5, 5.41) is 11.0. The fourth-order valence-corrected chi connectivity index (χ4v) is 6.20. The van der Waals surface area contributed by atoms with Gasteiger partial charge < -0.3 is 14.6 Å². The minimum Gasteiger partial charge on any atom is -0.506 e. The number of nitrogens with zero attached hydrogens (tertiary/aromatic N) is 2. The summed E-state index contributed by atoms with van der Waals surface area (Å²) in [5.74, 6) is -0.255. The Morgan fingerprint density at radius 1 is 1.27 bits per heavy atom. The highest BCUT2D eigenvalue weighted by atomic mass is 79.9. The Kier molecular flexibility index (Phi) is 8.48. The molecule has 1 atom stereocenters. The molecule has 194 valence electrons. The predicted octanol–water partition coefficient (Wildman–Crippen LogP) is 5.36. The highest BCUT2D eigenvalue weighted by molar-refractivity contribution is 9.10. The third-order valence-electron chi connectivity index (χ3n) is 5.72. The van der Waals surface area contributed by atoms with E-state index in [0.29, 0.717) is 47.8 Å². The van der Waals surface area contributed by atoms with Gasteiger partial charge in [0.15, 0.2) is 4.80 Å². The van der Waals surface area contributed by atoms with Gasteiger partial charge in [-0.1, -0.05) is 63.8 Å². The molecule has 2 heterocycles. The lowest BCUT2D eigenvalue weighted by Crippen LogP contribution is -2.40. The second-order valence-corrected chi connectivity index (χ2v) is 10.9. The van der Waals surface area contributed by atoms with E-state index in [0.717, 1.165) is 17.8 Å². The quantitative estimate of drug-likeness (QED) is 0.357. The minimum atomic E-state index is -0.882. The van der Waals surface area contributed by atoms with Crippen LogP contribution in [0.4, 0.5) is 0 Å². The van der Waals surface area contributed by atoms with Crippen molar-refractivity contribution in [3.05, 3.63) is 86.9 Å². The lowest BCUT2D eigenvalue weighted by molar-refractivity contribution is -0.139. The van der Waals surface area contributed by atoms with Crippen LogP contribution in [0.1, 0.15) is 43.9 Å². The van der Waals surface area contributed by atoms with Gasteiger partial charge in [-0.05, 0) is 49.8 Å². The Hall–Kier alpha value is -2.59. The molecule has 0 amide bonds. The number of aromatic nitrogens is 1. The van der Waals surface area contributed by atoms with E-state index in [4.69, 9.17) is 37.7 Å². The molecular formula is C26H23BrCl2N2O5S. The summed E-state index contributed by atoms with van der Waals surface area (Å²) in [6, 6.07) is 7.38. The molecule has 7 nitrogen and oxygen atoms in total. The van der Waals surface area contributed by atoms with Crippen LogP contribution in [0.2, 0.25) is 10.0 Å². The molecule has 0 fully saturated rings. The predicted molar refractivity (Wildman–Crippen MR) is 148 cm³/mol. The zero-order chi connectivity index (χ0) is 26.9. The number of halogens is 3. The van der Waals surface area contributed by atoms with Crippen LogP contribution in [0.25, 0.3) is 6.08 Å². The number of hydrogen-bond donors (Lipinski definition) is 1. The largest absolute Gasteiger partial charge is 0.506 e. The molecule has 2 aromatic carbocycles. The zero-order valence-corrected chi connectivity index (χ0v) is 24.1. The second-order valence-electron chi connectivity index (χ2n) is 8.13. The van der Waals surface area contributed by atoms with Gasteiger partial charge in [0.1, 0.15) is 17.5 Å². The number of aromatic hydroxyl groups is 1. The molecule has 0 spiro atoms. The average Bonchev–Trinajstić information content (AvgIpc) is 3.16. The van der Waals surface area contributed by atoms with E-state index in [2.05, 4.69) is 15.9 Å². The van der Waals surface area contributed by atoms with Crippen molar-refractivity contribution < 1.29 is 19.4 Å². The van der Waals surface area contributed by atoms with Crippen LogP contribution in [-0.4, -0.2) is 29.4 Å². The summed E-state index contributed by atoms with van der Waals surface area (Å²) >= 11 is 17.0. The number of methoxy groups -OCH3 is 1. The molecule has 37 heavy (non-hydrogen) atoms. The summed E-state index contributed by atoms with van der Waals surface area (Å²) in [6.45, 7) is 3.86. The Labute approximate surface area is 235 Å². The molecule has 0 saturated carbocycles. The smallest absolute Gasteiger partial charge is 0.338 e. The molecule has 1 aliphatic heterocycles. The molecular weight excluding hydrogens is 603 g/mol. The number of carbonyl (C=O) groups is 1. The Balaban J connectivity index is 2.08. The fraction of sp³-hybridized carbons (Fsp3) is 0.269. The van der Waals surface area contributed by atoms with Crippen molar-refractivity contribution in [1.29, 1.82) is 0 Å². The Morgan fingerprint density at radius 2 is 2.03 bits per heavy atom. The topological polar surface area (TPSA) is 90.1 Å². The molecule has 0 bridgehead atoms. The first-order chi connectivity index (χ1) is 17.7. The SMILES string of the molecule is CCCC1=C(C(=O)OCC)[C@@H](c2cc(Cl)ccc2OC)n2c(s/c(=C/c3cc(Br)cc(Cl)c3O)c2=O)=N1. The van der Waals surface area contributed by atoms with Crippen LogP contribution >= 0.6 is 50.5 Å². The lowest BCUT2D eigenvalue weighted by atomic mass is 9.93. The maximum absolute atomic E-state index is 13.9. The van der Waals surface area contributed by atoms with Crippen LogP contribution < -0.4 is 19.6 Å². The summed E-state index contributed by atoms with van der Waals surface area (Å²) in [4.78, 5) is 32.3. The van der Waals surface area contributed by atoms with E-state index < -0.39 is 17.6 Å². The molecule has 1 aromatic heterocycles. The van der Waals surface area contributed by atoms with Gasteiger partial charge in [-0.3, -0.25) is 9.36 Å². The first-order valence-corrected chi connectivity index (χ1v) is 13.8. The third-order valence-corrected chi connectivity index (χ3v) is 7.69.